The number of hydrogen-bond donors (Lipinski definition) is 2. The van der Waals surface area contributed by atoms with E-state index in [1.165, 1.54) is 16.6 Å². The summed E-state index contributed by atoms with van der Waals surface area (Å²) in [6.45, 7) is 0.512. The Bertz CT molecular complexity index is 517. The Morgan fingerprint density at radius 2 is 2.37 bits per heavy atom. The third kappa shape index (κ3) is 2.86. The fourth-order valence-corrected chi connectivity index (χ4v) is 3.45. The van der Waals surface area contributed by atoms with Gasteiger partial charge in [-0.05, 0) is 12.1 Å². The number of aliphatic hydroxyl groups is 1. The highest BCUT2D eigenvalue weighted by Gasteiger charge is 2.33. The third-order valence-electron chi connectivity index (χ3n) is 2.98. The van der Waals surface area contributed by atoms with E-state index < -0.39 is 16.1 Å². The quantitative estimate of drug-likeness (QED) is 0.776. The summed E-state index contributed by atoms with van der Waals surface area (Å²) in [4.78, 5) is 4.12. The normalized spacial score (nSPS) is 21.3. The fourth-order valence-electron chi connectivity index (χ4n) is 1.92. The van der Waals surface area contributed by atoms with Crippen molar-refractivity contribution >= 4 is 15.8 Å². The lowest BCUT2D eigenvalue weighted by Crippen LogP contribution is -2.50. The monoisotopic (exact) mass is 287 g/mol. The van der Waals surface area contributed by atoms with Gasteiger partial charge in [-0.3, -0.25) is 0 Å². The molecule has 1 fully saturated rings. The van der Waals surface area contributed by atoms with Crippen LogP contribution in [0.25, 0.3) is 0 Å². The first-order valence-electron chi connectivity index (χ1n) is 5.94. The number of aromatic nitrogens is 1. The van der Waals surface area contributed by atoms with Crippen molar-refractivity contribution in [1.29, 1.82) is 0 Å². The molecule has 0 aliphatic carbocycles. The molecule has 1 aliphatic rings. The van der Waals surface area contributed by atoms with Crippen LogP contribution in [-0.2, 0) is 14.8 Å². The second-order valence-electron chi connectivity index (χ2n) is 4.16. The van der Waals surface area contributed by atoms with E-state index in [4.69, 9.17) is 4.74 Å². The average Bonchev–Trinajstić information content (AvgIpc) is 2.47. The van der Waals surface area contributed by atoms with Crippen LogP contribution >= 0.6 is 0 Å². The Balaban J connectivity index is 2.29. The fraction of sp³-hybridized carbons (Fsp3) is 0.545. The predicted molar refractivity (Wildman–Crippen MR) is 69.4 cm³/mol. The van der Waals surface area contributed by atoms with Gasteiger partial charge in [-0.25, -0.2) is 13.4 Å². The van der Waals surface area contributed by atoms with Crippen LogP contribution in [0.15, 0.2) is 23.2 Å². The molecule has 0 spiro atoms. The van der Waals surface area contributed by atoms with Crippen LogP contribution in [-0.4, -0.2) is 62.3 Å². The van der Waals surface area contributed by atoms with Crippen molar-refractivity contribution < 1.29 is 18.3 Å². The molecule has 1 atom stereocenters. The zero-order valence-corrected chi connectivity index (χ0v) is 11.4. The molecule has 2 heterocycles. The van der Waals surface area contributed by atoms with Crippen LogP contribution in [0.3, 0.4) is 0 Å². The SMILES string of the molecule is CNc1ccc(S(=O)(=O)N2CCOCC2CO)cn1. The molecule has 7 nitrogen and oxygen atoms in total. The van der Waals surface area contributed by atoms with Crippen molar-refractivity contribution in [2.24, 2.45) is 0 Å². The van der Waals surface area contributed by atoms with Gasteiger partial charge in [0, 0.05) is 19.8 Å². The number of sulfonamides is 1. The Morgan fingerprint density at radius 1 is 1.58 bits per heavy atom. The number of hydrogen-bond acceptors (Lipinski definition) is 6. The Labute approximate surface area is 112 Å². The summed E-state index contributed by atoms with van der Waals surface area (Å²) in [6.07, 6.45) is 1.31. The van der Waals surface area contributed by atoms with Crippen molar-refractivity contribution in [2.45, 2.75) is 10.9 Å². The van der Waals surface area contributed by atoms with E-state index >= 15 is 0 Å². The number of morpholine rings is 1. The Morgan fingerprint density at radius 3 is 2.95 bits per heavy atom. The minimum atomic E-state index is -3.65. The molecule has 0 aromatic carbocycles. The summed E-state index contributed by atoms with van der Waals surface area (Å²) in [5, 5.41) is 12.1. The summed E-state index contributed by atoms with van der Waals surface area (Å²) in [5.74, 6) is 0.597. The topological polar surface area (TPSA) is 91.8 Å². The summed E-state index contributed by atoms with van der Waals surface area (Å²) < 4.78 is 31.4. The van der Waals surface area contributed by atoms with E-state index in [2.05, 4.69) is 10.3 Å². The lowest BCUT2D eigenvalue weighted by atomic mass is 10.3. The Hall–Kier alpha value is -1.22. The summed E-state index contributed by atoms with van der Waals surface area (Å²) in [5.41, 5.74) is 0. The first kappa shape index (κ1) is 14.2. The van der Waals surface area contributed by atoms with E-state index in [-0.39, 0.29) is 24.7 Å². The molecular weight excluding hydrogens is 270 g/mol. The van der Waals surface area contributed by atoms with E-state index in [9.17, 15) is 13.5 Å². The molecule has 0 amide bonds. The maximum absolute atomic E-state index is 12.5. The van der Waals surface area contributed by atoms with Crippen molar-refractivity contribution in [3.63, 3.8) is 0 Å². The molecule has 0 bridgehead atoms. The highest BCUT2D eigenvalue weighted by Crippen LogP contribution is 2.20. The molecule has 1 unspecified atom stereocenters. The zero-order valence-electron chi connectivity index (χ0n) is 10.6. The molecule has 2 rings (SSSR count). The van der Waals surface area contributed by atoms with E-state index in [1.54, 1.807) is 13.1 Å². The van der Waals surface area contributed by atoms with Gasteiger partial charge in [0.1, 0.15) is 10.7 Å². The smallest absolute Gasteiger partial charge is 0.245 e. The van der Waals surface area contributed by atoms with Gasteiger partial charge in [0.2, 0.25) is 10.0 Å². The molecule has 1 aliphatic heterocycles. The van der Waals surface area contributed by atoms with Crippen molar-refractivity contribution in [3.8, 4) is 0 Å². The van der Waals surface area contributed by atoms with Crippen LogP contribution < -0.4 is 5.32 Å². The number of anilines is 1. The second kappa shape index (κ2) is 5.83. The van der Waals surface area contributed by atoms with Gasteiger partial charge in [-0.1, -0.05) is 0 Å². The zero-order chi connectivity index (χ0) is 13.9. The maximum Gasteiger partial charge on any atom is 0.245 e. The van der Waals surface area contributed by atoms with Gasteiger partial charge in [0.25, 0.3) is 0 Å². The first-order valence-corrected chi connectivity index (χ1v) is 7.38. The summed E-state index contributed by atoms with van der Waals surface area (Å²) >= 11 is 0. The number of pyridine rings is 1. The minimum absolute atomic E-state index is 0.117. The number of nitrogens with zero attached hydrogens (tertiary/aromatic N) is 2. The minimum Gasteiger partial charge on any atom is -0.395 e. The second-order valence-corrected chi connectivity index (χ2v) is 6.05. The van der Waals surface area contributed by atoms with Gasteiger partial charge in [0.05, 0.1) is 25.9 Å². The molecule has 1 aromatic heterocycles. The lowest BCUT2D eigenvalue weighted by molar-refractivity contribution is 0.0109. The van der Waals surface area contributed by atoms with Gasteiger partial charge in [0.15, 0.2) is 0 Å². The van der Waals surface area contributed by atoms with E-state index in [0.717, 1.165) is 0 Å². The molecule has 106 valence electrons. The number of aliphatic hydroxyl groups excluding tert-OH is 1. The highest BCUT2D eigenvalue weighted by atomic mass is 32.2. The van der Waals surface area contributed by atoms with Crippen LogP contribution in [0, 0.1) is 0 Å². The molecule has 19 heavy (non-hydrogen) atoms. The van der Waals surface area contributed by atoms with Crippen molar-refractivity contribution in [2.75, 3.05) is 38.7 Å². The van der Waals surface area contributed by atoms with Crippen LogP contribution in [0.5, 0.6) is 0 Å². The molecule has 8 heteroatoms. The van der Waals surface area contributed by atoms with Crippen LogP contribution in [0.4, 0.5) is 5.82 Å². The molecule has 1 aromatic rings. The summed E-state index contributed by atoms with van der Waals surface area (Å²) in [7, 11) is -1.94. The van der Waals surface area contributed by atoms with Gasteiger partial charge in [-0.2, -0.15) is 4.31 Å². The standard InChI is InChI=1S/C11H17N3O4S/c1-12-11-3-2-10(6-13-11)19(16,17)14-4-5-18-8-9(14)7-15/h2-3,6,9,15H,4-5,7-8H2,1H3,(H,12,13). The number of nitrogens with one attached hydrogen (secondary N) is 1. The van der Waals surface area contributed by atoms with Crippen molar-refractivity contribution in [3.05, 3.63) is 18.3 Å². The van der Waals surface area contributed by atoms with E-state index in [1.807, 2.05) is 0 Å². The largest absolute Gasteiger partial charge is 0.395 e. The van der Waals surface area contributed by atoms with Gasteiger partial charge < -0.3 is 15.2 Å². The highest BCUT2D eigenvalue weighted by molar-refractivity contribution is 7.89. The first-order chi connectivity index (χ1) is 9.09. The van der Waals surface area contributed by atoms with Gasteiger partial charge in [-0.15, -0.1) is 0 Å². The molecule has 0 radical (unpaired) electrons. The maximum atomic E-state index is 12.5. The summed E-state index contributed by atoms with van der Waals surface area (Å²) in [6, 6.07) is 2.56. The van der Waals surface area contributed by atoms with Crippen LogP contribution in [0.2, 0.25) is 0 Å². The van der Waals surface area contributed by atoms with Crippen LogP contribution in [0.1, 0.15) is 0 Å². The third-order valence-corrected chi connectivity index (χ3v) is 4.92. The lowest BCUT2D eigenvalue weighted by Gasteiger charge is -2.33. The molecule has 2 N–H and O–H groups in total. The molecular formula is C11H17N3O4S. The molecule has 1 saturated heterocycles. The van der Waals surface area contributed by atoms with E-state index in [0.29, 0.717) is 12.4 Å². The predicted octanol–water partition coefficient (Wildman–Crippen LogP) is -0.495. The number of rotatable bonds is 4. The number of ether oxygens (including phenoxy) is 1. The molecule has 0 saturated carbocycles. The van der Waals surface area contributed by atoms with Crippen molar-refractivity contribution in [1.82, 2.24) is 9.29 Å². The Kier molecular flexibility index (Phi) is 4.35. The average molecular weight is 287 g/mol. The van der Waals surface area contributed by atoms with Gasteiger partial charge >= 0.3 is 0 Å².